The molecule has 0 unspecified atom stereocenters. The molecule has 0 saturated carbocycles. The third-order valence-corrected chi connectivity index (χ3v) is 2.33. The van der Waals surface area contributed by atoms with Gasteiger partial charge in [0.1, 0.15) is 0 Å². The quantitative estimate of drug-likeness (QED) is 0.751. The minimum Gasteiger partial charge on any atom is -0.178 e. The molecular formula is C10H6ClF3N2. The van der Waals surface area contributed by atoms with Gasteiger partial charge >= 0.3 is 6.30 Å². The van der Waals surface area contributed by atoms with Gasteiger partial charge in [-0.05, 0) is 12.1 Å². The maximum atomic E-state index is 12.3. The number of hydrogen-bond donors (Lipinski definition) is 0. The van der Waals surface area contributed by atoms with Crippen LogP contribution >= 0.6 is 11.6 Å². The van der Waals surface area contributed by atoms with Crippen LogP contribution in [0.25, 0.3) is 11.3 Å². The Hall–Kier alpha value is -1.49. The Morgan fingerprint density at radius 3 is 2.38 bits per heavy atom. The smallest absolute Gasteiger partial charge is 0.178 e. The van der Waals surface area contributed by atoms with Crippen molar-refractivity contribution in [1.82, 2.24) is 9.78 Å². The number of hydrogen-bond acceptors (Lipinski definition) is 1. The van der Waals surface area contributed by atoms with Gasteiger partial charge in [-0.3, -0.25) is 0 Å². The molecule has 0 bridgehead atoms. The first-order chi connectivity index (χ1) is 7.48. The van der Waals surface area contributed by atoms with E-state index in [2.05, 4.69) is 5.10 Å². The van der Waals surface area contributed by atoms with E-state index >= 15 is 0 Å². The molecule has 1 aromatic carbocycles. The van der Waals surface area contributed by atoms with Crippen molar-refractivity contribution in [3.8, 4) is 11.3 Å². The van der Waals surface area contributed by atoms with E-state index in [1.54, 1.807) is 24.3 Å². The Kier molecular flexibility index (Phi) is 2.63. The Morgan fingerprint density at radius 2 is 1.81 bits per heavy atom. The molecule has 0 spiro atoms. The molecule has 0 atom stereocenters. The highest BCUT2D eigenvalue weighted by Crippen LogP contribution is 2.28. The van der Waals surface area contributed by atoms with Crippen LogP contribution in [0.1, 0.15) is 0 Å². The summed E-state index contributed by atoms with van der Waals surface area (Å²) < 4.78 is 36.8. The maximum Gasteiger partial charge on any atom is 0.504 e. The van der Waals surface area contributed by atoms with Gasteiger partial charge < -0.3 is 0 Å². The second kappa shape index (κ2) is 3.83. The molecule has 1 heterocycles. The van der Waals surface area contributed by atoms with Gasteiger partial charge in [0, 0.05) is 11.8 Å². The molecule has 2 rings (SSSR count). The van der Waals surface area contributed by atoms with Crippen LogP contribution in [0.3, 0.4) is 0 Å². The molecule has 2 nitrogen and oxygen atoms in total. The van der Waals surface area contributed by atoms with E-state index in [0.29, 0.717) is 10.6 Å². The molecule has 0 amide bonds. The van der Waals surface area contributed by atoms with Crippen LogP contribution in [-0.4, -0.2) is 9.78 Å². The van der Waals surface area contributed by atoms with Gasteiger partial charge in [-0.15, -0.1) is 13.2 Å². The van der Waals surface area contributed by atoms with E-state index in [1.165, 1.54) is 6.07 Å². The SMILES string of the molecule is FC(F)(F)n1ccc(-c2ccccc2Cl)n1. The first kappa shape index (κ1) is 11.0. The van der Waals surface area contributed by atoms with Crippen LogP contribution in [0.2, 0.25) is 5.02 Å². The molecule has 6 heteroatoms. The predicted molar refractivity (Wildman–Crippen MR) is 54.0 cm³/mol. The van der Waals surface area contributed by atoms with Gasteiger partial charge in [0.15, 0.2) is 0 Å². The monoisotopic (exact) mass is 246 g/mol. The molecule has 0 radical (unpaired) electrons. The van der Waals surface area contributed by atoms with Gasteiger partial charge in [0.2, 0.25) is 0 Å². The van der Waals surface area contributed by atoms with Gasteiger partial charge in [-0.2, -0.15) is 9.78 Å². The highest BCUT2D eigenvalue weighted by Gasteiger charge is 2.31. The zero-order valence-electron chi connectivity index (χ0n) is 7.87. The van der Waals surface area contributed by atoms with Crippen molar-refractivity contribution in [3.63, 3.8) is 0 Å². The van der Waals surface area contributed by atoms with Gasteiger partial charge in [-0.1, -0.05) is 29.8 Å². The minimum atomic E-state index is -4.50. The number of rotatable bonds is 1. The molecule has 84 valence electrons. The highest BCUT2D eigenvalue weighted by molar-refractivity contribution is 6.33. The summed E-state index contributed by atoms with van der Waals surface area (Å²) in [5.74, 6) is 0. The lowest BCUT2D eigenvalue weighted by atomic mass is 10.2. The molecule has 16 heavy (non-hydrogen) atoms. The lowest BCUT2D eigenvalue weighted by Gasteiger charge is -2.04. The molecular weight excluding hydrogens is 241 g/mol. The maximum absolute atomic E-state index is 12.3. The molecule has 0 N–H and O–H groups in total. The van der Waals surface area contributed by atoms with Crippen molar-refractivity contribution < 1.29 is 13.2 Å². The van der Waals surface area contributed by atoms with Crippen molar-refractivity contribution in [2.75, 3.05) is 0 Å². The molecule has 0 aliphatic rings. The van der Waals surface area contributed by atoms with Crippen molar-refractivity contribution >= 4 is 11.6 Å². The lowest BCUT2D eigenvalue weighted by molar-refractivity contribution is -0.212. The van der Waals surface area contributed by atoms with Crippen molar-refractivity contribution in [2.24, 2.45) is 0 Å². The van der Waals surface area contributed by atoms with Crippen LogP contribution in [0.4, 0.5) is 13.2 Å². The van der Waals surface area contributed by atoms with Crippen LogP contribution in [0.15, 0.2) is 36.5 Å². The van der Waals surface area contributed by atoms with Crippen LogP contribution in [-0.2, 0) is 6.30 Å². The van der Waals surface area contributed by atoms with E-state index in [0.717, 1.165) is 6.20 Å². The van der Waals surface area contributed by atoms with E-state index < -0.39 is 6.30 Å². The average Bonchev–Trinajstić information content (AvgIpc) is 2.66. The average molecular weight is 247 g/mol. The zero-order chi connectivity index (χ0) is 11.8. The molecule has 0 aliphatic heterocycles. The Bertz CT molecular complexity index is 505. The number of halogens is 4. The largest absolute Gasteiger partial charge is 0.504 e. The van der Waals surface area contributed by atoms with Crippen molar-refractivity contribution in [2.45, 2.75) is 6.30 Å². The molecule has 0 fully saturated rings. The third kappa shape index (κ3) is 2.04. The van der Waals surface area contributed by atoms with Gasteiger partial charge in [-0.25, -0.2) is 0 Å². The highest BCUT2D eigenvalue weighted by atomic mass is 35.5. The van der Waals surface area contributed by atoms with E-state index in [1.807, 2.05) is 0 Å². The predicted octanol–water partition coefficient (Wildman–Crippen LogP) is 3.68. The normalized spacial score (nSPS) is 11.8. The summed E-state index contributed by atoms with van der Waals surface area (Å²) in [6, 6.07) is 7.88. The van der Waals surface area contributed by atoms with Gasteiger partial charge in [0.25, 0.3) is 0 Å². The van der Waals surface area contributed by atoms with Crippen LogP contribution < -0.4 is 0 Å². The Morgan fingerprint density at radius 1 is 1.12 bits per heavy atom. The summed E-state index contributed by atoms with van der Waals surface area (Å²) in [7, 11) is 0. The van der Waals surface area contributed by atoms with Crippen molar-refractivity contribution in [3.05, 3.63) is 41.6 Å². The van der Waals surface area contributed by atoms with E-state index in [4.69, 9.17) is 11.6 Å². The second-order valence-electron chi connectivity index (χ2n) is 3.09. The topological polar surface area (TPSA) is 17.8 Å². The fourth-order valence-electron chi connectivity index (χ4n) is 1.28. The summed E-state index contributed by atoms with van der Waals surface area (Å²) in [6.45, 7) is 0. The minimum absolute atomic E-state index is 0.0499. The van der Waals surface area contributed by atoms with E-state index in [9.17, 15) is 13.2 Å². The number of nitrogens with zero attached hydrogens (tertiary/aromatic N) is 2. The molecule has 0 aliphatic carbocycles. The first-order valence-electron chi connectivity index (χ1n) is 4.36. The Balaban J connectivity index is 2.44. The lowest BCUT2D eigenvalue weighted by Crippen LogP contribution is -2.16. The molecule has 1 aromatic heterocycles. The summed E-state index contributed by atoms with van der Waals surface area (Å²) in [5.41, 5.74) is 0.676. The number of alkyl halides is 3. The summed E-state index contributed by atoms with van der Waals surface area (Å²) in [4.78, 5) is 0. The van der Waals surface area contributed by atoms with Crippen LogP contribution in [0, 0.1) is 0 Å². The summed E-state index contributed by atoms with van der Waals surface area (Å²) in [6.07, 6.45) is -3.64. The van der Waals surface area contributed by atoms with Crippen molar-refractivity contribution in [1.29, 1.82) is 0 Å². The molecule has 0 saturated heterocycles. The fraction of sp³-hybridized carbons (Fsp3) is 0.100. The summed E-state index contributed by atoms with van der Waals surface area (Å²) in [5, 5.41) is 3.79. The van der Waals surface area contributed by atoms with Crippen LogP contribution in [0.5, 0.6) is 0 Å². The van der Waals surface area contributed by atoms with E-state index in [-0.39, 0.29) is 10.4 Å². The number of aromatic nitrogens is 2. The standard InChI is InChI=1S/C10H6ClF3N2/c11-8-4-2-1-3-7(8)9-5-6-16(15-9)10(12,13)14/h1-6H. The Labute approximate surface area is 94.3 Å². The zero-order valence-corrected chi connectivity index (χ0v) is 8.63. The summed E-state index contributed by atoms with van der Waals surface area (Å²) >= 11 is 5.85. The number of benzene rings is 1. The first-order valence-corrected chi connectivity index (χ1v) is 4.74. The molecule has 2 aromatic rings. The fourth-order valence-corrected chi connectivity index (χ4v) is 1.51. The van der Waals surface area contributed by atoms with Gasteiger partial charge in [0.05, 0.1) is 10.7 Å². The third-order valence-electron chi connectivity index (χ3n) is 2.00. The second-order valence-corrected chi connectivity index (χ2v) is 3.50.